The smallest absolute Gasteiger partial charge is 0.131 e. The molecule has 2 rings (SSSR count). The number of hydrogen-bond acceptors (Lipinski definition) is 4. The normalized spacial score (nSPS) is 11.1. The van der Waals surface area contributed by atoms with Gasteiger partial charge < -0.3 is 5.32 Å². The van der Waals surface area contributed by atoms with Crippen molar-refractivity contribution in [2.24, 2.45) is 0 Å². The molecule has 0 amide bonds. The summed E-state index contributed by atoms with van der Waals surface area (Å²) in [6.07, 6.45) is 0.506. The number of nitrogens with zero attached hydrogens (tertiary/aromatic N) is 2. The van der Waals surface area contributed by atoms with Gasteiger partial charge in [-0.15, -0.1) is 10.2 Å². The zero-order valence-electron chi connectivity index (χ0n) is 10.5. The van der Waals surface area contributed by atoms with Gasteiger partial charge in [0.15, 0.2) is 0 Å². The number of rotatable bonds is 5. The summed E-state index contributed by atoms with van der Waals surface area (Å²) in [6, 6.07) is 7.20. The molecule has 0 aliphatic carbocycles. The largest absolute Gasteiger partial charge is 0.308 e. The summed E-state index contributed by atoms with van der Waals surface area (Å²) < 4.78 is 13.5. The number of hydrogen-bond donors (Lipinski definition) is 1. The molecule has 0 saturated heterocycles. The lowest BCUT2D eigenvalue weighted by Gasteiger charge is -2.03. The molecule has 0 spiro atoms. The third-order valence-corrected chi connectivity index (χ3v) is 3.39. The van der Waals surface area contributed by atoms with E-state index in [2.05, 4.69) is 29.4 Å². The molecule has 1 heterocycles. The van der Waals surface area contributed by atoms with Crippen molar-refractivity contribution in [3.8, 4) is 0 Å². The number of aromatic nitrogens is 2. The monoisotopic (exact) mass is 265 g/mol. The maximum atomic E-state index is 13.5. The Morgan fingerprint density at radius 3 is 2.67 bits per heavy atom. The van der Waals surface area contributed by atoms with Gasteiger partial charge >= 0.3 is 0 Å². The van der Waals surface area contributed by atoms with Gasteiger partial charge in [-0.3, -0.25) is 0 Å². The fourth-order valence-corrected chi connectivity index (χ4v) is 2.35. The van der Waals surface area contributed by atoms with E-state index in [4.69, 9.17) is 0 Å². The van der Waals surface area contributed by atoms with E-state index in [9.17, 15) is 4.39 Å². The quantitative estimate of drug-likeness (QED) is 0.903. The van der Waals surface area contributed by atoms with Crippen molar-refractivity contribution >= 4 is 11.3 Å². The van der Waals surface area contributed by atoms with Crippen LogP contribution in [0.4, 0.5) is 4.39 Å². The molecule has 0 atom stereocenters. The van der Waals surface area contributed by atoms with Crippen LogP contribution in [0, 0.1) is 5.82 Å². The van der Waals surface area contributed by atoms with Gasteiger partial charge in [0.1, 0.15) is 15.8 Å². The average molecular weight is 265 g/mol. The summed E-state index contributed by atoms with van der Waals surface area (Å²) in [4.78, 5) is 0. The topological polar surface area (TPSA) is 37.8 Å². The Morgan fingerprint density at radius 2 is 1.94 bits per heavy atom. The first-order valence-electron chi connectivity index (χ1n) is 5.93. The Hall–Kier alpha value is -1.33. The molecule has 96 valence electrons. The van der Waals surface area contributed by atoms with Crippen LogP contribution >= 0.6 is 11.3 Å². The van der Waals surface area contributed by atoms with Gasteiger partial charge in [-0.1, -0.05) is 43.4 Å². The molecular formula is C13H16FN3S. The third kappa shape index (κ3) is 3.58. The van der Waals surface area contributed by atoms with Crippen LogP contribution in [0.3, 0.4) is 0 Å². The summed E-state index contributed by atoms with van der Waals surface area (Å²) in [7, 11) is 0. The summed E-state index contributed by atoms with van der Waals surface area (Å²) >= 11 is 1.53. The third-order valence-electron chi connectivity index (χ3n) is 2.47. The molecule has 0 unspecified atom stereocenters. The predicted octanol–water partition coefficient (Wildman–Crippen LogP) is 2.77. The Kier molecular flexibility index (Phi) is 4.38. The molecule has 2 aromatic rings. The summed E-state index contributed by atoms with van der Waals surface area (Å²) in [6.45, 7) is 4.88. The molecule has 1 aromatic heterocycles. The first kappa shape index (κ1) is 13.1. The van der Waals surface area contributed by atoms with Crippen LogP contribution in [-0.2, 0) is 13.0 Å². The molecule has 0 fully saturated rings. The highest BCUT2D eigenvalue weighted by Gasteiger charge is 2.08. The first-order valence-corrected chi connectivity index (χ1v) is 6.75. The summed E-state index contributed by atoms with van der Waals surface area (Å²) in [5.41, 5.74) is 0.664. The van der Waals surface area contributed by atoms with Gasteiger partial charge in [-0.05, 0) is 11.6 Å². The van der Waals surface area contributed by atoms with Gasteiger partial charge in [0.2, 0.25) is 0 Å². The van der Waals surface area contributed by atoms with E-state index in [-0.39, 0.29) is 5.82 Å². The minimum absolute atomic E-state index is 0.186. The molecular weight excluding hydrogens is 249 g/mol. The number of benzene rings is 1. The van der Waals surface area contributed by atoms with Gasteiger partial charge in [0.25, 0.3) is 0 Å². The second-order valence-corrected chi connectivity index (χ2v) is 5.54. The minimum atomic E-state index is -0.186. The van der Waals surface area contributed by atoms with Crippen molar-refractivity contribution in [3.05, 3.63) is 45.7 Å². The molecule has 0 bridgehead atoms. The second-order valence-electron chi connectivity index (χ2n) is 4.39. The average Bonchev–Trinajstić information content (AvgIpc) is 2.77. The lowest BCUT2D eigenvalue weighted by Crippen LogP contribution is -2.21. The van der Waals surface area contributed by atoms with Crippen molar-refractivity contribution in [3.63, 3.8) is 0 Å². The van der Waals surface area contributed by atoms with Crippen molar-refractivity contribution in [1.29, 1.82) is 0 Å². The molecule has 3 nitrogen and oxygen atoms in total. The zero-order chi connectivity index (χ0) is 13.0. The number of halogens is 1. The number of nitrogens with one attached hydrogen (secondary N) is 1. The maximum Gasteiger partial charge on any atom is 0.131 e. The van der Waals surface area contributed by atoms with Crippen LogP contribution in [0.2, 0.25) is 0 Å². The Bertz CT molecular complexity index is 510. The molecule has 1 N–H and O–H groups in total. The molecule has 0 aliphatic heterocycles. The fourth-order valence-electron chi connectivity index (χ4n) is 1.53. The first-order chi connectivity index (χ1) is 8.65. The van der Waals surface area contributed by atoms with E-state index < -0.39 is 0 Å². The minimum Gasteiger partial charge on any atom is -0.308 e. The second kappa shape index (κ2) is 6.02. The van der Waals surface area contributed by atoms with Crippen molar-refractivity contribution in [1.82, 2.24) is 15.5 Å². The molecule has 1 aromatic carbocycles. The van der Waals surface area contributed by atoms with Gasteiger partial charge in [0.05, 0.1) is 0 Å². The van der Waals surface area contributed by atoms with E-state index >= 15 is 0 Å². The van der Waals surface area contributed by atoms with Crippen molar-refractivity contribution in [2.45, 2.75) is 32.9 Å². The highest BCUT2D eigenvalue weighted by molar-refractivity contribution is 7.11. The highest BCUT2D eigenvalue weighted by atomic mass is 32.1. The molecule has 0 radical (unpaired) electrons. The highest BCUT2D eigenvalue weighted by Crippen LogP contribution is 2.16. The fraction of sp³-hybridized carbons (Fsp3) is 0.385. The van der Waals surface area contributed by atoms with Crippen molar-refractivity contribution in [2.75, 3.05) is 0 Å². The van der Waals surface area contributed by atoms with Gasteiger partial charge in [-0.2, -0.15) is 0 Å². The van der Waals surface area contributed by atoms with Crippen LogP contribution in [0.5, 0.6) is 0 Å². The predicted molar refractivity (Wildman–Crippen MR) is 71.1 cm³/mol. The van der Waals surface area contributed by atoms with Crippen molar-refractivity contribution < 1.29 is 4.39 Å². The Morgan fingerprint density at radius 1 is 1.22 bits per heavy atom. The Labute approximate surface area is 110 Å². The maximum absolute atomic E-state index is 13.5. The SMILES string of the molecule is CC(C)NCc1nnc(Cc2ccccc2F)s1. The molecule has 18 heavy (non-hydrogen) atoms. The van der Waals surface area contributed by atoms with Gasteiger partial charge in [0, 0.05) is 19.0 Å². The molecule has 0 aliphatic rings. The summed E-state index contributed by atoms with van der Waals surface area (Å²) in [5.74, 6) is -0.186. The van der Waals surface area contributed by atoms with Crippen LogP contribution in [0.15, 0.2) is 24.3 Å². The van der Waals surface area contributed by atoms with Crippen LogP contribution < -0.4 is 5.32 Å². The Balaban J connectivity index is 2.00. The van der Waals surface area contributed by atoms with E-state index in [1.165, 1.54) is 17.4 Å². The summed E-state index contributed by atoms with van der Waals surface area (Å²) in [5, 5.41) is 13.3. The van der Waals surface area contributed by atoms with Crippen LogP contribution in [0.1, 0.15) is 29.4 Å². The standard InChI is InChI=1S/C13H16FN3S/c1-9(2)15-8-13-17-16-12(18-13)7-10-5-3-4-6-11(10)14/h3-6,9,15H,7-8H2,1-2H3. The van der Waals surface area contributed by atoms with E-state index in [1.807, 2.05) is 6.07 Å². The molecule has 5 heteroatoms. The van der Waals surface area contributed by atoms with Crippen LogP contribution in [-0.4, -0.2) is 16.2 Å². The molecule has 0 saturated carbocycles. The zero-order valence-corrected chi connectivity index (χ0v) is 11.3. The lowest BCUT2D eigenvalue weighted by molar-refractivity contribution is 0.584. The lowest BCUT2D eigenvalue weighted by atomic mass is 10.1. The van der Waals surface area contributed by atoms with E-state index in [1.54, 1.807) is 12.1 Å². The van der Waals surface area contributed by atoms with E-state index in [0.717, 1.165) is 10.0 Å². The van der Waals surface area contributed by atoms with Crippen LogP contribution in [0.25, 0.3) is 0 Å². The van der Waals surface area contributed by atoms with E-state index in [0.29, 0.717) is 24.6 Å². The van der Waals surface area contributed by atoms with Gasteiger partial charge in [-0.25, -0.2) is 4.39 Å².